The number of rotatable bonds is 6. The van der Waals surface area contributed by atoms with Crippen molar-refractivity contribution in [3.05, 3.63) is 24.3 Å². The molecule has 1 heteroatoms. The zero-order valence-electron chi connectivity index (χ0n) is 8.59. The minimum Gasteiger partial charge on any atom is -0.306 e. The first-order valence-corrected chi connectivity index (χ1v) is 4.77. The highest BCUT2D eigenvalue weighted by molar-refractivity contribution is 5.00. The molecule has 0 atom stereocenters. The van der Waals surface area contributed by atoms with Crippen LogP contribution >= 0.6 is 0 Å². The fraction of sp³-hybridized carbons (Fsp3) is 0.636. The van der Waals surface area contributed by atoms with E-state index in [9.17, 15) is 0 Å². The van der Waals surface area contributed by atoms with Gasteiger partial charge < -0.3 is 4.90 Å². The van der Waals surface area contributed by atoms with Crippen molar-refractivity contribution in [3.63, 3.8) is 0 Å². The quantitative estimate of drug-likeness (QED) is 0.550. The van der Waals surface area contributed by atoms with Crippen LogP contribution in [-0.4, -0.2) is 25.0 Å². The van der Waals surface area contributed by atoms with Crippen LogP contribution in [0.5, 0.6) is 0 Å². The third-order valence-corrected chi connectivity index (χ3v) is 1.72. The summed E-state index contributed by atoms with van der Waals surface area (Å²) in [5, 5.41) is 0. The Bertz CT molecular complexity index is 136. The Labute approximate surface area is 76.8 Å². The van der Waals surface area contributed by atoms with Gasteiger partial charge in [-0.2, -0.15) is 0 Å². The van der Waals surface area contributed by atoms with E-state index in [0.29, 0.717) is 0 Å². The van der Waals surface area contributed by atoms with Crippen molar-refractivity contribution in [2.24, 2.45) is 0 Å². The second-order valence-electron chi connectivity index (χ2n) is 3.05. The predicted octanol–water partition coefficient (Wildman–Crippen LogP) is 2.85. The van der Waals surface area contributed by atoms with Gasteiger partial charge in [-0.15, -0.1) is 0 Å². The molecule has 0 radical (unpaired) electrons. The van der Waals surface area contributed by atoms with Crippen molar-refractivity contribution >= 4 is 0 Å². The fourth-order valence-corrected chi connectivity index (χ4v) is 1.07. The molecule has 0 aromatic heterocycles. The van der Waals surface area contributed by atoms with Gasteiger partial charge in [0.1, 0.15) is 0 Å². The normalized spacial score (nSPS) is 12.3. The van der Waals surface area contributed by atoms with Crippen LogP contribution in [0.2, 0.25) is 0 Å². The van der Waals surface area contributed by atoms with Crippen LogP contribution < -0.4 is 0 Å². The van der Waals surface area contributed by atoms with Crippen LogP contribution in [0.25, 0.3) is 0 Å². The van der Waals surface area contributed by atoms with E-state index < -0.39 is 0 Å². The van der Waals surface area contributed by atoms with Crippen molar-refractivity contribution in [1.29, 1.82) is 0 Å². The Morgan fingerprint density at radius 3 is 2.50 bits per heavy atom. The Balaban J connectivity index is 3.29. The molecule has 0 aromatic carbocycles. The van der Waals surface area contributed by atoms with E-state index in [0.717, 1.165) is 6.42 Å². The van der Waals surface area contributed by atoms with E-state index in [1.807, 2.05) is 13.0 Å². The molecule has 0 spiro atoms. The van der Waals surface area contributed by atoms with Crippen molar-refractivity contribution in [2.75, 3.05) is 20.1 Å². The molecule has 1 nitrogen and oxygen atoms in total. The van der Waals surface area contributed by atoms with Gasteiger partial charge in [0.25, 0.3) is 0 Å². The Morgan fingerprint density at radius 1 is 1.17 bits per heavy atom. The molecule has 70 valence electrons. The van der Waals surface area contributed by atoms with Crippen LogP contribution in [0, 0.1) is 0 Å². The molecule has 0 saturated carbocycles. The maximum absolute atomic E-state index is 2.36. The fourth-order valence-electron chi connectivity index (χ4n) is 1.07. The molecule has 0 saturated heterocycles. The van der Waals surface area contributed by atoms with Crippen molar-refractivity contribution < 1.29 is 0 Å². The molecule has 0 aliphatic rings. The number of allylic oxidation sites excluding steroid dienone is 3. The molecule has 0 aromatic rings. The predicted molar refractivity (Wildman–Crippen MR) is 56.4 cm³/mol. The van der Waals surface area contributed by atoms with Gasteiger partial charge in [-0.3, -0.25) is 0 Å². The number of hydrogen-bond donors (Lipinski definition) is 0. The van der Waals surface area contributed by atoms with Crippen LogP contribution in [0.3, 0.4) is 0 Å². The van der Waals surface area contributed by atoms with Crippen LogP contribution in [0.1, 0.15) is 26.7 Å². The summed E-state index contributed by atoms with van der Waals surface area (Å²) in [6, 6.07) is 0. The lowest BCUT2D eigenvalue weighted by atomic mass is 10.3. The maximum atomic E-state index is 2.36. The average Bonchev–Trinajstić information content (AvgIpc) is 2.05. The van der Waals surface area contributed by atoms with Crippen LogP contribution in [0.15, 0.2) is 24.3 Å². The van der Waals surface area contributed by atoms with Crippen molar-refractivity contribution in [3.8, 4) is 0 Å². The lowest BCUT2D eigenvalue weighted by Crippen LogP contribution is -2.19. The third-order valence-electron chi connectivity index (χ3n) is 1.72. The van der Waals surface area contributed by atoms with E-state index in [2.05, 4.69) is 37.1 Å². The molecule has 0 heterocycles. The van der Waals surface area contributed by atoms with E-state index in [1.54, 1.807) is 0 Å². The first kappa shape index (κ1) is 11.4. The molecule has 0 N–H and O–H groups in total. The second kappa shape index (κ2) is 8.54. The van der Waals surface area contributed by atoms with Crippen LogP contribution in [0.4, 0.5) is 0 Å². The average molecular weight is 167 g/mol. The highest BCUT2D eigenvalue weighted by atomic mass is 15.1. The van der Waals surface area contributed by atoms with Gasteiger partial charge in [-0.1, -0.05) is 31.2 Å². The topological polar surface area (TPSA) is 3.24 Å². The van der Waals surface area contributed by atoms with Crippen molar-refractivity contribution in [1.82, 2.24) is 4.90 Å². The van der Waals surface area contributed by atoms with Gasteiger partial charge in [0.2, 0.25) is 0 Å². The first-order chi connectivity index (χ1) is 5.81. The van der Waals surface area contributed by atoms with E-state index >= 15 is 0 Å². The summed E-state index contributed by atoms with van der Waals surface area (Å²) in [5.74, 6) is 0. The van der Waals surface area contributed by atoms with Gasteiger partial charge in [0.05, 0.1) is 0 Å². The number of nitrogens with zero attached hydrogens (tertiary/aromatic N) is 1. The second-order valence-corrected chi connectivity index (χ2v) is 3.05. The molecule has 0 amide bonds. The minimum atomic E-state index is 1.15. The summed E-state index contributed by atoms with van der Waals surface area (Å²) in [6.45, 7) is 6.62. The lowest BCUT2D eigenvalue weighted by Gasteiger charge is -2.13. The monoisotopic (exact) mass is 167 g/mol. The third kappa shape index (κ3) is 7.55. The molecule has 0 aliphatic heterocycles. The molecule has 0 bridgehead atoms. The summed E-state index contributed by atoms with van der Waals surface area (Å²) >= 11 is 0. The largest absolute Gasteiger partial charge is 0.306 e. The molecular formula is C11H21N. The number of hydrogen-bond acceptors (Lipinski definition) is 1. The van der Waals surface area contributed by atoms with E-state index in [1.165, 1.54) is 19.5 Å². The molecule has 0 rings (SSSR count). The summed E-state index contributed by atoms with van der Waals surface area (Å²) in [7, 11) is 2.17. The summed E-state index contributed by atoms with van der Waals surface area (Å²) in [6.07, 6.45) is 10.8. The molecular weight excluding hydrogens is 146 g/mol. The molecule has 0 aliphatic carbocycles. The SMILES string of the molecule is C/C=C\C=C/CCN(C)CCC. The highest BCUT2D eigenvalue weighted by Crippen LogP contribution is 1.91. The molecule has 0 fully saturated rings. The summed E-state index contributed by atoms with van der Waals surface area (Å²) in [5.41, 5.74) is 0. The maximum Gasteiger partial charge on any atom is 0.00130 e. The summed E-state index contributed by atoms with van der Waals surface area (Å²) in [4.78, 5) is 2.36. The highest BCUT2D eigenvalue weighted by Gasteiger charge is 1.91. The van der Waals surface area contributed by atoms with Gasteiger partial charge >= 0.3 is 0 Å². The zero-order chi connectivity index (χ0) is 9.23. The standard InChI is InChI=1S/C11H21N/c1-4-6-7-8-9-11-12(3)10-5-2/h4,6-8H,5,9-11H2,1-3H3/b6-4-,8-7-. The Kier molecular flexibility index (Phi) is 8.14. The Hall–Kier alpha value is -0.560. The Morgan fingerprint density at radius 2 is 1.92 bits per heavy atom. The smallest absolute Gasteiger partial charge is 0.00130 e. The van der Waals surface area contributed by atoms with E-state index in [4.69, 9.17) is 0 Å². The summed E-state index contributed by atoms with van der Waals surface area (Å²) < 4.78 is 0. The van der Waals surface area contributed by atoms with Gasteiger partial charge in [-0.25, -0.2) is 0 Å². The van der Waals surface area contributed by atoms with Gasteiger partial charge in [0.15, 0.2) is 0 Å². The molecule has 12 heavy (non-hydrogen) atoms. The van der Waals surface area contributed by atoms with Gasteiger partial charge in [-0.05, 0) is 33.4 Å². The van der Waals surface area contributed by atoms with E-state index in [-0.39, 0.29) is 0 Å². The van der Waals surface area contributed by atoms with Crippen LogP contribution in [-0.2, 0) is 0 Å². The van der Waals surface area contributed by atoms with Crippen molar-refractivity contribution in [2.45, 2.75) is 26.7 Å². The van der Waals surface area contributed by atoms with Gasteiger partial charge in [0, 0.05) is 6.54 Å². The molecule has 0 unspecified atom stereocenters. The minimum absolute atomic E-state index is 1.15. The lowest BCUT2D eigenvalue weighted by molar-refractivity contribution is 0.341. The zero-order valence-corrected chi connectivity index (χ0v) is 8.59. The first-order valence-electron chi connectivity index (χ1n) is 4.77.